The summed E-state index contributed by atoms with van der Waals surface area (Å²) in [6, 6.07) is 2.16. The lowest BCUT2D eigenvalue weighted by atomic mass is 10.2. The van der Waals surface area contributed by atoms with Gasteiger partial charge in [-0.3, -0.25) is 9.97 Å². The maximum Gasteiger partial charge on any atom is 0.241 e. The van der Waals surface area contributed by atoms with Crippen molar-refractivity contribution >= 4 is 15.7 Å². The Balaban J connectivity index is 2.20. The van der Waals surface area contributed by atoms with Gasteiger partial charge in [-0.2, -0.15) is 0 Å². The molecule has 0 amide bonds. The van der Waals surface area contributed by atoms with E-state index in [4.69, 9.17) is 5.73 Å². The van der Waals surface area contributed by atoms with Crippen molar-refractivity contribution in [3.8, 4) is 0 Å². The third kappa shape index (κ3) is 3.53. The van der Waals surface area contributed by atoms with Crippen molar-refractivity contribution in [1.82, 2.24) is 14.7 Å². The smallest absolute Gasteiger partial charge is 0.241 e. The first kappa shape index (κ1) is 15.3. The van der Waals surface area contributed by atoms with Crippen LogP contribution in [-0.2, 0) is 16.6 Å². The topological polar surface area (TPSA) is 98.0 Å². The van der Waals surface area contributed by atoms with Crippen LogP contribution in [0.15, 0.2) is 29.4 Å². The highest BCUT2D eigenvalue weighted by Crippen LogP contribution is 2.20. The first-order valence-corrected chi connectivity index (χ1v) is 7.61. The molecule has 0 aliphatic heterocycles. The molecular formula is C13H15FN4O2S. The van der Waals surface area contributed by atoms with Crippen molar-refractivity contribution in [2.24, 2.45) is 0 Å². The zero-order valence-electron chi connectivity index (χ0n) is 11.6. The van der Waals surface area contributed by atoms with Crippen LogP contribution in [0.2, 0.25) is 0 Å². The highest BCUT2D eigenvalue weighted by Gasteiger charge is 2.17. The van der Waals surface area contributed by atoms with Gasteiger partial charge in [0.05, 0.1) is 29.0 Å². The molecule has 6 nitrogen and oxygen atoms in total. The summed E-state index contributed by atoms with van der Waals surface area (Å²) in [5, 5.41) is 0. The SMILES string of the molecule is Cc1cnc(CNS(=O)(=O)c2cc(N)c(C)c(F)c2)cn1. The van der Waals surface area contributed by atoms with E-state index in [1.807, 2.05) is 0 Å². The van der Waals surface area contributed by atoms with Gasteiger partial charge in [-0.25, -0.2) is 17.5 Å². The van der Waals surface area contributed by atoms with Crippen LogP contribution in [-0.4, -0.2) is 18.4 Å². The second-order valence-electron chi connectivity index (χ2n) is 4.59. The third-order valence-electron chi connectivity index (χ3n) is 2.95. The molecule has 0 bridgehead atoms. The van der Waals surface area contributed by atoms with Gasteiger partial charge in [0, 0.05) is 17.4 Å². The number of nitrogen functional groups attached to an aromatic ring is 1. The second-order valence-corrected chi connectivity index (χ2v) is 6.36. The Morgan fingerprint density at radius 2 is 1.95 bits per heavy atom. The van der Waals surface area contributed by atoms with Crippen molar-refractivity contribution < 1.29 is 12.8 Å². The number of nitrogens with zero attached hydrogens (tertiary/aromatic N) is 2. The summed E-state index contributed by atoms with van der Waals surface area (Å²) in [5.74, 6) is -0.662. The molecule has 0 atom stereocenters. The molecule has 1 aromatic heterocycles. The number of anilines is 1. The van der Waals surface area contributed by atoms with Gasteiger partial charge < -0.3 is 5.73 Å². The number of hydrogen-bond donors (Lipinski definition) is 2. The fraction of sp³-hybridized carbons (Fsp3) is 0.231. The molecule has 0 saturated carbocycles. The fourth-order valence-corrected chi connectivity index (χ4v) is 2.64. The van der Waals surface area contributed by atoms with Gasteiger partial charge in [-0.1, -0.05) is 0 Å². The number of nitrogens with one attached hydrogen (secondary N) is 1. The summed E-state index contributed by atoms with van der Waals surface area (Å²) in [6.45, 7) is 3.22. The number of nitrogens with two attached hydrogens (primary N) is 1. The van der Waals surface area contributed by atoms with Gasteiger partial charge in [0.2, 0.25) is 10.0 Å². The molecule has 0 aliphatic rings. The molecule has 3 N–H and O–H groups in total. The molecular weight excluding hydrogens is 295 g/mol. The van der Waals surface area contributed by atoms with Crippen LogP contribution in [0.1, 0.15) is 17.0 Å². The monoisotopic (exact) mass is 310 g/mol. The molecule has 0 fully saturated rings. The van der Waals surface area contributed by atoms with Gasteiger partial charge in [0.15, 0.2) is 0 Å². The average molecular weight is 310 g/mol. The summed E-state index contributed by atoms with van der Waals surface area (Å²) in [7, 11) is -3.87. The van der Waals surface area contributed by atoms with E-state index < -0.39 is 15.8 Å². The number of hydrogen-bond acceptors (Lipinski definition) is 5. The molecule has 2 aromatic rings. The summed E-state index contributed by atoms with van der Waals surface area (Å²) >= 11 is 0. The van der Waals surface area contributed by atoms with E-state index in [0.29, 0.717) is 5.69 Å². The van der Waals surface area contributed by atoms with Crippen molar-refractivity contribution in [3.05, 3.63) is 47.3 Å². The number of halogens is 1. The Kier molecular flexibility index (Phi) is 4.19. The largest absolute Gasteiger partial charge is 0.398 e. The minimum absolute atomic E-state index is 0.0367. The van der Waals surface area contributed by atoms with Crippen LogP contribution in [0.25, 0.3) is 0 Å². The molecule has 1 aromatic carbocycles. The molecule has 0 unspecified atom stereocenters. The third-order valence-corrected chi connectivity index (χ3v) is 4.33. The lowest BCUT2D eigenvalue weighted by molar-refractivity contribution is 0.575. The number of aryl methyl sites for hydroxylation is 1. The Morgan fingerprint density at radius 3 is 2.52 bits per heavy atom. The maximum atomic E-state index is 13.6. The van der Waals surface area contributed by atoms with E-state index in [1.165, 1.54) is 25.4 Å². The molecule has 112 valence electrons. The zero-order chi connectivity index (χ0) is 15.6. The summed E-state index contributed by atoms with van der Waals surface area (Å²) in [4.78, 5) is 7.83. The molecule has 2 rings (SSSR count). The lowest BCUT2D eigenvalue weighted by Crippen LogP contribution is -2.24. The molecule has 0 aliphatic carbocycles. The molecule has 1 heterocycles. The van der Waals surface area contributed by atoms with Gasteiger partial charge in [0.1, 0.15) is 5.82 Å². The van der Waals surface area contributed by atoms with Crippen LogP contribution < -0.4 is 10.5 Å². The van der Waals surface area contributed by atoms with Crippen LogP contribution in [0.4, 0.5) is 10.1 Å². The average Bonchev–Trinajstić information content (AvgIpc) is 2.43. The molecule has 0 spiro atoms. The van der Waals surface area contributed by atoms with Crippen molar-refractivity contribution in [3.63, 3.8) is 0 Å². The van der Waals surface area contributed by atoms with Gasteiger partial charge in [-0.05, 0) is 26.0 Å². The van der Waals surface area contributed by atoms with Crippen molar-refractivity contribution in [1.29, 1.82) is 0 Å². The minimum Gasteiger partial charge on any atom is -0.398 e. The number of benzene rings is 1. The number of sulfonamides is 1. The van der Waals surface area contributed by atoms with Crippen LogP contribution in [0.3, 0.4) is 0 Å². The van der Waals surface area contributed by atoms with E-state index >= 15 is 0 Å². The highest BCUT2D eigenvalue weighted by atomic mass is 32.2. The predicted molar refractivity (Wildman–Crippen MR) is 76.3 cm³/mol. The van der Waals surface area contributed by atoms with E-state index in [9.17, 15) is 12.8 Å². The van der Waals surface area contributed by atoms with Crippen LogP contribution in [0.5, 0.6) is 0 Å². The molecule has 0 radical (unpaired) electrons. The first-order valence-electron chi connectivity index (χ1n) is 6.12. The standard InChI is InChI=1S/C13H15FN4O2S/c1-8-5-17-10(6-16-8)7-18-21(19,20)11-3-12(14)9(2)13(15)4-11/h3-6,18H,7,15H2,1-2H3. The molecule has 21 heavy (non-hydrogen) atoms. The number of rotatable bonds is 4. The van der Waals surface area contributed by atoms with Gasteiger partial charge >= 0.3 is 0 Å². The fourth-order valence-electron chi connectivity index (χ4n) is 1.59. The first-order chi connectivity index (χ1) is 9.79. The quantitative estimate of drug-likeness (QED) is 0.829. The predicted octanol–water partition coefficient (Wildman–Crippen LogP) is 1.29. The zero-order valence-corrected chi connectivity index (χ0v) is 12.4. The van der Waals surface area contributed by atoms with Gasteiger partial charge in [-0.15, -0.1) is 0 Å². The minimum atomic E-state index is -3.87. The number of aromatic nitrogens is 2. The van der Waals surface area contributed by atoms with E-state index in [0.717, 1.165) is 11.8 Å². The highest BCUT2D eigenvalue weighted by molar-refractivity contribution is 7.89. The Morgan fingerprint density at radius 1 is 1.24 bits per heavy atom. The summed E-state index contributed by atoms with van der Waals surface area (Å²) < 4.78 is 40.1. The normalized spacial score (nSPS) is 11.6. The van der Waals surface area contributed by atoms with Crippen LogP contribution >= 0.6 is 0 Å². The Bertz CT molecular complexity index is 737. The second kappa shape index (κ2) is 5.74. The Labute approximate surface area is 122 Å². The maximum absolute atomic E-state index is 13.6. The molecule has 8 heteroatoms. The van der Waals surface area contributed by atoms with E-state index in [2.05, 4.69) is 14.7 Å². The van der Waals surface area contributed by atoms with E-state index in [-0.39, 0.29) is 22.7 Å². The summed E-state index contributed by atoms with van der Waals surface area (Å²) in [5.41, 5.74) is 7.09. The van der Waals surface area contributed by atoms with E-state index in [1.54, 1.807) is 6.92 Å². The lowest BCUT2D eigenvalue weighted by Gasteiger charge is -2.09. The Hall–Kier alpha value is -2.06. The summed E-state index contributed by atoms with van der Waals surface area (Å²) in [6.07, 6.45) is 3.01. The van der Waals surface area contributed by atoms with Crippen molar-refractivity contribution in [2.45, 2.75) is 25.3 Å². The van der Waals surface area contributed by atoms with Crippen molar-refractivity contribution in [2.75, 3.05) is 5.73 Å². The van der Waals surface area contributed by atoms with Crippen LogP contribution in [0, 0.1) is 19.7 Å². The molecule has 0 saturated heterocycles. The van der Waals surface area contributed by atoms with Gasteiger partial charge in [0.25, 0.3) is 0 Å².